The predicted octanol–water partition coefficient (Wildman–Crippen LogP) is 2.34. The highest BCUT2D eigenvalue weighted by atomic mass is 19.1. The van der Waals surface area contributed by atoms with E-state index < -0.39 is 0 Å². The predicted molar refractivity (Wildman–Crippen MR) is 72.8 cm³/mol. The largest absolute Gasteiger partial charge is 0.339 e. The SMILES string of the molecule is Fc1ccc(Cc2noc(CC3CCNCC3)n2)cc1. The number of piperidine rings is 1. The molecule has 5 heteroatoms. The van der Waals surface area contributed by atoms with Gasteiger partial charge in [0.1, 0.15) is 5.82 Å². The molecule has 0 radical (unpaired) electrons. The highest BCUT2D eigenvalue weighted by molar-refractivity contribution is 5.19. The summed E-state index contributed by atoms with van der Waals surface area (Å²) in [5, 5.41) is 7.35. The van der Waals surface area contributed by atoms with E-state index in [2.05, 4.69) is 15.5 Å². The minimum absolute atomic E-state index is 0.228. The van der Waals surface area contributed by atoms with Crippen LogP contribution < -0.4 is 5.32 Å². The highest BCUT2D eigenvalue weighted by Gasteiger charge is 2.17. The Morgan fingerprint density at radius 2 is 1.95 bits per heavy atom. The molecular weight excluding hydrogens is 257 g/mol. The molecule has 1 N–H and O–H groups in total. The summed E-state index contributed by atoms with van der Waals surface area (Å²) in [5.74, 6) is 1.79. The number of nitrogens with one attached hydrogen (secondary N) is 1. The number of rotatable bonds is 4. The van der Waals surface area contributed by atoms with Crippen LogP contribution in [0.5, 0.6) is 0 Å². The van der Waals surface area contributed by atoms with E-state index in [4.69, 9.17) is 4.52 Å². The van der Waals surface area contributed by atoms with Crippen LogP contribution >= 0.6 is 0 Å². The maximum atomic E-state index is 12.8. The van der Waals surface area contributed by atoms with E-state index in [1.807, 2.05) is 0 Å². The quantitative estimate of drug-likeness (QED) is 0.930. The Hall–Kier alpha value is -1.75. The molecule has 0 aliphatic carbocycles. The van der Waals surface area contributed by atoms with Crippen LogP contribution in [0.25, 0.3) is 0 Å². The summed E-state index contributed by atoms with van der Waals surface area (Å²) in [4.78, 5) is 4.43. The van der Waals surface area contributed by atoms with Crippen LogP contribution in [-0.4, -0.2) is 23.2 Å². The van der Waals surface area contributed by atoms with Crippen LogP contribution in [-0.2, 0) is 12.8 Å². The van der Waals surface area contributed by atoms with E-state index in [1.54, 1.807) is 12.1 Å². The van der Waals surface area contributed by atoms with E-state index in [0.29, 0.717) is 24.1 Å². The molecule has 1 aromatic heterocycles. The van der Waals surface area contributed by atoms with Gasteiger partial charge in [0.25, 0.3) is 0 Å². The van der Waals surface area contributed by atoms with Crippen LogP contribution in [0, 0.1) is 11.7 Å². The zero-order chi connectivity index (χ0) is 13.8. The molecule has 0 amide bonds. The van der Waals surface area contributed by atoms with Crippen LogP contribution in [0.3, 0.4) is 0 Å². The third-order valence-corrected chi connectivity index (χ3v) is 3.71. The molecule has 0 spiro atoms. The van der Waals surface area contributed by atoms with Gasteiger partial charge in [-0.05, 0) is 49.5 Å². The van der Waals surface area contributed by atoms with E-state index in [0.717, 1.165) is 37.9 Å². The molecule has 0 saturated carbocycles. The lowest BCUT2D eigenvalue weighted by Gasteiger charge is -2.20. The van der Waals surface area contributed by atoms with Gasteiger partial charge in [-0.25, -0.2) is 4.39 Å². The molecule has 3 rings (SSSR count). The van der Waals surface area contributed by atoms with Crippen molar-refractivity contribution in [2.75, 3.05) is 13.1 Å². The maximum Gasteiger partial charge on any atom is 0.226 e. The van der Waals surface area contributed by atoms with Gasteiger partial charge >= 0.3 is 0 Å². The van der Waals surface area contributed by atoms with Gasteiger partial charge in [0.05, 0.1) is 0 Å². The molecule has 2 aromatic rings. The fourth-order valence-corrected chi connectivity index (χ4v) is 2.56. The summed E-state index contributed by atoms with van der Waals surface area (Å²) < 4.78 is 18.1. The Kier molecular flexibility index (Phi) is 4.06. The van der Waals surface area contributed by atoms with Crippen LogP contribution in [0.2, 0.25) is 0 Å². The lowest BCUT2D eigenvalue weighted by atomic mass is 9.95. The second-order valence-electron chi connectivity index (χ2n) is 5.31. The lowest BCUT2D eigenvalue weighted by molar-refractivity contribution is 0.312. The van der Waals surface area contributed by atoms with Crippen LogP contribution in [0.1, 0.15) is 30.1 Å². The van der Waals surface area contributed by atoms with Gasteiger partial charge in [-0.15, -0.1) is 0 Å². The Labute approximate surface area is 117 Å². The van der Waals surface area contributed by atoms with Gasteiger partial charge in [-0.2, -0.15) is 4.98 Å². The van der Waals surface area contributed by atoms with Crippen LogP contribution in [0.15, 0.2) is 28.8 Å². The molecule has 0 bridgehead atoms. The van der Waals surface area contributed by atoms with E-state index in [9.17, 15) is 4.39 Å². The monoisotopic (exact) mass is 275 g/mol. The molecule has 1 saturated heterocycles. The molecule has 0 atom stereocenters. The minimum Gasteiger partial charge on any atom is -0.339 e. The molecule has 1 fully saturated rings. The van der Waals surface area contributed by atoms with Crippen molar-refractivity contribution in [3.8, 4) is 0 Å². The first-order chi connectivity index (χ1) is 9.79. The first kappa shape index (κ1) is 13.2. The fraction of sp³-hybridized carbons (Fsp3) is 0.467. The topological polar surface area (TPSA) is 51.0 Å². The first-order valence-corrected chi connectivity index (χ1v) is 7.06. The van der Waals surface area contributed by atoms with Crippen molar-refractivity contribution < 1.29 is 8.91 Å². The van der Waals surface area contributed by atoms with Crippen molar-refractivity contribution >= 4 is 0 Å². The third kappa shape index (κ3) is 3.42. The number of hydrogen-bond acceptors (Lipinski definition) is 4. The minimum atomic E-state index is -0.228. The zero-order valence-electron chi connectivity index (χ0n) is 11.3. The number of nitrogens with zero attached hydrogens (tertiary/aromatic N) is 2. The second kappa shape index (κ2) is 6.13. The summed E-state index contributed by atoms with van der Waals surface area (Å²) >= 11 is 0. The average Bonchev–Trinajstić information content (AvgIpc) is 2.90. The standard InChI is InChI=1S/C15H18FN3O/c16-13-3-1-11(2-4-13)9-14-18-15(20-19-14)10-12-5-7-17-8-6-12/h1-4,12,17H,5-10H2. The van der Waals surface area contributed by atoms with E-state index >= 15 is 0 Å². The Bertz CT molecular complexity index is 547. The summed E-state index contributed by atoms with van der Waals surface area (Å²) in [5.41, 5.74) is 0.987. The smallest absolute Gasteiger partial charge is 0.226 e. The molecule has 2 heterocycles. The lowest BCUT2D eigenvalue weighted by Crippen LogP contribution is -2.28. The average molecular weight is 275 g/mol. The fourth-order valence-electron chi connectivity index (χ4n) is 2.56. The van der Waals surface area contributed by atoms with Crippen molar-refractivity contribution in [3.05, 3.63) is 47.4 Å². The number of benzene rings is 1. The van der Waals surface area contributed by atoms with Crippen molar-refractivity contribution in [3.63, 3.8) is 0 Å². The van der Waals surface area contributed by atoms with Crippen LogP contribution in [0.4, 0.5) is 4.39 Å². The van der Waals surface area contributed by atoms with Crippen molar-refractivity contribution in [2.24, 2.45) is 5.92 Å². The number of halogens is 1. The van der Waals surface area contributed by atoms with E-state index in [1.165, 1.54) is 12.1 Å². The molecule has 4 nitrogen and oxygen atoms in total. The van der Waals surface area contributed by atoms with Gasteiger partial charge in [0, 0.05) is 12.8 Å². The van der Waals surface area contributed by atoms with Gasteiger partial charge < -0.3 is 9.84 Å². The van der Waals surface area contributed by atoms with Gasteiger partial charge in [-0.1, -0.05) is 17.3 Å². The Morgan fingerprint density at radius 1 is 1.20 bits per heavy atom. The van der Waals surface area contributed by atoms with Gasteiger partial charge in [0.2, 0.25) is 5.89 Å². The Morgan fingerprint density at radius 3 is 2.70 bits per heavy atom. The van der Waals surface area contributed by atoms with Gasteiger partial charge in [0.15, 0.2) is 5.82 Å². The van der Waals surface area contributed by atoms with Crippen molar-refractivity contribution in [1.82, 2.24) is 15.5 Å². The molecule has 20 heavy (non-hydrogen) atoms. The first-order valence-electron chi connectivity index (χ1n) is 7.06. The number of hydrogen-bond donors (Lipinski definition) is 1. The molecule has 1 aliphatic heterocycles. The molecule has 0 unspecified atom stereocenters. The summed E-state index contributed by atoms with van der Waals surface area (Å²) in [6.07, 6.45) is 3.76. The zero-order valence-corrected chi connectivity index (χ0v) is 11.3. The van der Waals surface area contributed by atoms with Gasteiger partial charge in [-0.3, -0.25) is 0 Å². The van der Waals surface area contributed by atoms with Crippen molar-refractivity contribution in [2.45, 2.75) is 25.7 Å². The summed E-state index contributed by atoms with van der Waals surface area (Å²) in [7, 11) is 0. The highest BCUT2D eigenvalue weighted by Crippen LogP contribution is 2.17. The number of aromatic nitrogens is 2. The normalized spacial score (nSPS) is 16.4. The van der Waals surface area contributed by atoms with Crippen molar-refractivity contribution in [1.29, 1.82) is 0 Å². The molecule has 1 aliphatic rings. The summed E-state index contributed by atoms with van der Waals surface area (Å²) in [6, 6.07) is 6.40. The molecular formula is C15H18FN3O. The second-order valence-corrected chi connectivity index (χ2v) is 5.31. The Balaban J connectivity index is 1.60. The maximum absolute atomic E-state index is 12.8. The molecule has 106 valence electrons. The molecule has 1 aromatic carbocycles. The third-order valence-electron chi connectivity index (χ3n) is 3.71. The summed E-state index contributed by atoms with van der Waals surface area (Å²) in [6.45, 7) is 2.14. The van der Waals surface area contributed by atoms with E-state index in [-0.39, 0.29) is 5.82 Å².